The van der Waals surface area contributed by atoms with E-state index in [2.05, 4.69) is 24.1 Å². The Morgan fingerprint density at radius 2 is 1.56 bits per heavy atom. The lowest BCUT2D eigenvalue weighted by molar-refractivity contribution is -0.129. The minimum Gasteiger partial charge on any atom is -0.357 e. The summed E-state index contributed by atoms with van der Waals surface area (Å²) < 4.78 is 0. The molecule has 0 fully saturated rings. The van der Waals surface area contributed by atoms with Crippen LogP contribution in [0.15, 0.2) is 24.3 Å². The molecule has 0 aliphatic rings. The maximum Gasteiger partial charge on any atom is 0.254 e. The lowest BCUT2D eigenvalue weighted by atomic mass is 10.0. The molecular formula is C20H33N3O2. The first-order chi connectivity index (χ1) is 11.8. The largest absolute Gasteiger partial charge is 0.357 e. The second-order valence-electron chi connectivity index (χ2n) is 6.98. The quantitative estimate of drug-likeness (QED) is 0.747. The summed E-state index contributed by atoms with van der Waals surface area (Å²) in [5, 5.41) is 2.61. The van der Waals surface area contributed by atoms with E-state index in [1.165, 1.54) is 10.5 Å². The molecule has 0 aliphatic carbocycles. The zero-order valence-electron chi connectivity index (χ0n) is 16.6. The number of likely N-dealkylation sites (N-methyl/N-ethyl adjacent to an activating group) is 2. The Bertz CT molecular complexity index is 561. The van der Waals surface area contributed by atoms with Gasteiger partial charge in [0.25, 0.3) is 5.91 Å². The van der Waals surface area contributed by atoms with E-state index in [0.717, 1.165) is 32.5 Å². The summed E-state index contributed by atoms with van der Waals surface area (Å²) in [4.78, 5) is 28.6. The third-order valence-corrected chi connectivity index (χ3v) is 4.61. The van der Waals surface area contributed by atoms with Gasteiger partial charge in [-0.25, -0.2) is 0 Å². The van der Waals surface area contributed by atoms with Crippen LogP contribution in [0.3, 0.4) is 0 Å². The zero-order chi connectivity index (χ0) is 19.0. The van der Waals surface area contributed by atoms with Crippen molar-refractivity contribution in [2.75, 3.05) is 27.2 Å². The lowest BCUT2D eigenvalue weighted by Gasteiger charge is -2.33. The van der Waals surface area contributed by atoms with Crippen molar-refractivity contribution in [1.29, 1.82) is 0 Å². The van der Waals surface area contributed by atoms with Crippen molar-refractivity contribution in [2.24, 2.45) is 0 Å². The highest BCUT2D eigenvalue weighted by Crippen LogP contribution is 2.17. The molecule has 1 aromatic rings. The van der Waals surface area contributed by atoms with E-state index in [0.29, 0.717) is 5.56 Å². The van der Waals surface area contributed by atoms with Crippen LogP contribution in [0, 0.1) is 0 Å². The summed E-state index contributed by atoms with van der Waals surface area (Å²) in [7, 11) is 3.24. The Balaban J connectivity index is 2.84. The molecule has 0 atom stereocenters. The van der Waals surface area contributed by atoms with E-state index < -0.39 is 5.54 Å². The van der Waals surface area contributed by atoms with Crippen molar-refractivity contribution in [1.82, 2.24) is 15.1 Å². The van der Waals surface area contributed by atoms with Gasteiger partial charge in [-0.2, -0.15) is 0 Å². The van der Waals surface area contributed by atoms with E-state index in [9.17, 15) is 9.59 Å². The molecule has 25 heavy (non-hydrogen) atoms. The van der Waals surface area contributed by atoms with Gasteiger partial charge in [0, 0.05) is 26.2 Å². The number of nitrogens with zero attached hydrogens (tertiary/aromatic N) is 2. The molecule has 5 heteroatoms. The molecule has 0 aromatic heterocycles. The number of rotatable bonds is 9. The fourth-order valence-corrected chi connectivity index (χ4v) is 2.82. The van der Waals surface area contributed by atoms with E-state index in [4.69, 9.17) is 0 Å². The first kappa shape index (κ1) is 21.2. The summed E-state index contributed by atoms with van der Waals surface area (Å²) >= 11 is 0. The zero-order valence-corrected chi connectivity index (χ0v) is 16.6. The van der Waals surface area contributed by atoms with E-state index in [1.807, 2.05) is 24.3 Å². The topological polar surface area (TPSA) is 52.7 Å². The fraction of sp³-hybridized carbons (Fsp3) is 0.600. The molecule has 0 radical (unpaired) electrons. The summed E-state index contributed by atoms with van der Waals surface area (Å²) in [6.07, 6.45) is 2.27. The Morgan fingerprint density at radius 3 is 2.00 bits per heavy atom. The van der Waals surface area contributed by atoms with Crippen molar-refractivity contribution in [3.05, 3.63) is 35.4 Å². The number of nitrogens with one attached hydrogen (secondary N) is 1. The molecule has 1 aromatic carbocycles. The average Bonchev–Trinajstić information content (AvgIpc) is 2.60. The van der Waals surface area contributed by atoms with Crippen molar-refractivity contribution in [3.8, 4) is 0 Å². The SMILES string of the molecule is CCCN(CCC)Cc1ccc(C(=O)N(C)C(C)(C)C(=O)NC)cc1. The normalized spacial score (nSPS) is 11.5. The Kier molecular flexibility index (Phi) is 8.10. The summed E-state index contributed by atoms with van der Waals surface area (Å²) in [5.41, 5.74) is 0.899. The highest BCUT2D eigenvalue weighted by Gasteiger charge is 2.34. The van der Waals surface area contributed by atoms with Crippen LogP contribution in [0.25, 0.3) is 0 Å². The minimum absolute atomic E-state index is 0.154. The number of hydrogen-bond donors (Lipinski definition) is 1. The molecule has 0 bridgehead atoms. The minimum atomic E-state index is -0.899. The number of carbonyl (C=O) groups is 2. The number of benzene rings is 1. The maximum atomic E-state index is 12.7. The van der Waals surface area contributed by atoms with Gasteiger partial charge in [0.2, 0.25) is 5.91 Å². The Morgan fingerprint density at radius 1 is 1.04 bits per heavy atom. The Labute approximate surface area is 152 Å². The number of carbonyl (C=O) groups excluding carboxylic acids is 2. The smallest absolute Gasteiger partial charge is 0.254 e. The molecule has 0 unspecified atom stereocenters. The van der Waals surface area contributed by atoms with Crippen molar-refractivity contribution in [2.45, 2.75) is 52.6 Å². The van der Waals surface area contributed by atoms with Crippen molar-refractivity contribution in [3.63, 3.8) is 0 Å². The van der Waals surface area contributed by atoms with E-state index in [1.54, 1.807) is 27.9 Å². The van der Waals surface area contributed by atoms with Gasteiger partial charge in [-0.1, -0.05) is 26.0 Å². The summed E-state index contributed by atoms with van der Waals surface area (Å²) in [6, 6.07) is 7.72. The van der Waals surface area contributed by atoms with E-state index in [-0.39, 0.29) is 11.8 Å². The van der Waals surface area contributed by atoms with Gasteiger partial charge >= 0.3 is 0 Å². The van der Waals surface area contributed by atoms with Crippen LogP contribution >= 0.6 is 0 Å². The molecule has 0 spiro atoms. The van der Waals surface area contributed by atoms with Crippen LogP contribution in [-0.4, -0.2) is 54.3 Å². The molecule has 0 saturated carbocycles. The fourth-order valence-electron chi connectivity index (χ4n) is 2.82. The number of hydrogen-bond acceptors (Lipinski definition) is 3. The predicted octanol–water partition coefficient (Wildman–Crippen LogP) is 2.91. The molecule has 2 amide bonds. The van der Waals surface area contributed by atoms with Gasteiger partial charge in [-0.3, -0.25) is 14.5 Å². The van der Waals surface area contributed by atoms with Crippen LogP contribution in [0.5, 0.6) is 0 Å². The molecule has 1 N–H and O–H groups in total. The predicted molar refractivity (Wildman–Crippen MR) is 103 cm³/mol. The van der Waals surface area contributed by atoms with Crippen molar-refractivity contribution < 1.29 is 9.59 Å². The van der Waals surface area contributed by atoms with Gasteiger partial charge in [0.1, 0.15) is 5.54 Å². The van der Waals surface area contributed by atoms with E-state index >= 15 is 0 Å². The molecule has 5 nitrogen and oxygen atoms in total. The van der Waals surface area contributed by atoms with Gasteiger partial charge in [-0.05, 0) is 57.5 Å². The third-order valence-electron chi connectivity index (χ3n) is 4.61. The van der Waals surface area contributed by atoms with Crippen LogP contribution in [0.2, 0.25) is 0 Å². The van der Waals surface area contributed by atoms with Crippen LogP contribution in [0.4, 0.5) is 0 Å². The third kappa shape index (κ3) is 5.56. The average molecular weight is 348 g/mol. The molecule has 0 heterocycles. The molecule has 0 aliphatic heterocycles. The van der Waals surface area contributed by atoms with Gasteiger partial charge in [-0.15, -0.1) is 0 Å². The van der Waals surface area contributed by atoms with Gasteiger partial charge in [0.15, 0.2) is 0 Å². The first-order valence-corrected chi connectivity index (χ1v) is 9.09. The highest BCUT2D eigenvalue weighted by atomic mass is 16.2. The molecule has 0 saturated heterocycles. The Hall–Kier alpha value is -1.88. The maximum absolute atomic E-state index is 12.7. The van der Waals surface area contributed by atoms with Gasteiger partial charge < -0.3 is 10.2 Å². The van der Waals surface area contributed by atoms with Crippen LogP contribution in [0.1, 0.15) is 56.5 Å². The monoisotopic (exact) mass is 347 g/mol. The summed E-state index contributed by atoms with van der Waals surface area (Å²) in [6.45, 7) is 10.9. The first-order valence-electron chi connectivity index (χ1n) is 9.09. The van der Waals surface area contributed by atoms with Crippen LogP contribution in [-0.2, 0) is 11.3 Å². The highest BCUT2D eigenvalue weighted by molar-refractivity contribution is 5.98. The van der Waals surface area contributed by atoms with Crippen LogP contribution < -0.4 is 5.32 Å². The van der Waals surface area contributed by atoms with Crippen molar-refractivity contribution >= 4 is 11.8 Å². The lowest BCUT2D eigenvalue weighted by Crippen LogP contribution is -2.54. The molecular weight excluding hydrogens is 314 g/mol. The summed E-state index contributed by atoms with van der Waals surface area (Å²) in [5.74, 6) is -0.339. The number of amides is 2. The molecule has 140 valence electrons. The second-order valence-corrected chi connectivity index (χ2v) is 6.98. The van der Waals surface area contributed by atoms with Gasteiger partial charge in [0.05, 0.1) is 0 Å². The molecule has 1 rings (SSSR count). The standard InChI is InChI=1S/C20H33N3O2/c1-7-13-23(14-8-2)15-16-9-11-17(12-10-16)18(24)22(6)20(3,4)19(25)21-5/h9-12H,7-8,13-15H2,1-6H3,(H,21,25). The second kappa shape index (κ2) is 9.56.